The van der Waals surface area contributed by atoms with Crippen LogP contribution >= 0.6 is 0 Å². The van der Waals surface area contributed by atoms with Crippen LogP contribution in [0.5, 0.6) is 0 Å². The zero-order valence-corrected chi connectivity index (χ0v) is 9.50. The standard InChI is InChI=1S/C12H17F2NO/c1-8(2)9(7-16)6-15-12-5-10(13)3-4-11(12)14/h3-5,8-9,15-16H,6-7H2,1-2H3. The van der Waals surface area contributed by atoms with Crippen molar-refractivity contribution in [3.63, 3.8) is 0 Å². The van der Waals surface area contributed by atoms with Crippen molar-refractivity contribution in [2.24, 2.45) is 11.8 Å². The van der Waals surface area contributed by atoms with Crippen molar-refractivity contribution in [3.8, 4) is 0 Å². The third-order valence-electron chi connectivity index (χ3n) is 2.66. The second-order valence-corrected chi connectivity index (χ2v) is 4.19. The van der Waals surface area contributed by atoms with Gasteiger partial charge in [0.25, 0.3) is 0 Å². The third kappa shape index (κ3) is 3.45. The van der Waals surface area contributed by atoms with Gasteiger partial charge < -0.3 is 10.4 Å². The monoisotopic (exact) mass is 229 g/mol. The number of hydrogen-bond donors (Lipinski definition) is 2. The van der Waals surface area contributed by atoms with Crippen LogP contribution in [-0.2, 0) is 0 Å². The molecule has 0 saturated heterocycles. The topological polar surface area (TPSA) is 32.3 Å². The molecule has 0 bridgehead atoms. The highest BCUT2D eigenvalue weighted by Crippen LogP contribution is 2.17. The normalized spacial score (nSPS) is 12.9. The summed E-state index contributed by atoms with van der Waals surface area (Å²) in [5.41, 5.74) is 0.138. The maximum absolute atomic E-state index is 13.2. The SMILES string of the molecule is CC(C)C(CO)CNc1cc(F)ccc1F. The third-order valence-corrected chi connectivity index (χ3v) is 2.66. The predicted octanol–water partition coefficient (Wildman–Crippen LogP) is 2.64. The van der Waals surface area contributed by atoms with Crippen LogP contribution in [0.2, 0.25) is 0 Å². The van der Waals surface area contributed by atoms with E-state index in [4.69, 9.17) is 5.11 Å². The first-order chi connectivity index (χ1) is 7.54. The molecule has 0 spiro atoms. The maximum Gasteiger partial charge on any atom is 0.146 e. The van der Waals surface area contributed by atoms with Gasteiger partial charge in [0.1, 0.15) is 11.6 Å². The summed E-state index contributed by atoms with van der Waals surface area (Å²) in [4.78, 5) is 0. The zero-order chi connectivity index (χ0) is 12.1. The second kappa shape index (κ2) is 5.80. The molecule has 0 heterocycles. The molecule has 1 aromatic rings. The summed E-state index contributed by atoms with van der Waals surface area (Å²) in [6.45, 7) is 4.41. The summed E-state index contributed by atoms with van der Waals surface area (Å²) in [6, 6.07) is 3.28. The van der Waals surface area contributed by atoms with Crippen molar-refractivity contribution in [1.29, 1.82) is 0 Å². The van der Waals surface area contributed by atoms with E-state index >= 15 is 0 Å². The average Bonchev–Trinajstić information content (AvgIpc) is 2.23. The Kier molecular flexibility index (Phi) is 4.68. The number of rotatable bonds is 5. The summed E-state index contributed by atoms with van der Waals surface area (Å²) in [6.07, 6.45) is 0. The van der Waals surface area contributed by atoms with Crippen molar-refractivity contribution in [1.82, 2.24) is 0 Å². The number of hydrogen-bond acceptors (Lipinski definition) is 2. The minimum absolute atomic E-state index is 0.0294. The molecular formula is C12H17F2NO. The number of aliphatic hydroxyl groups is 1. The molecule has 0 fully saturated rings. The maximum atomic E-state index is 13.2. The highest BCUT2D eigenvalue weighted by molar-refractivity contribution is 5.44. The van der Waals surface area contributed by atoms with Crippen LogP contribution in [0.25, 0.3) is 0 Å². The van der Waals surface area contributed by atoms with E-state index in [1.54, 1.807) is 0 Å². The molecule has 90 valence electrons. The van der Waals surface area contributed by atoms with Crippen LogP contribution in [0.4, 0.5) is 14.5 Å². The second-order valence-electron chi connectivity index (χ2n) is 4.19. The number of benzene rings is 1. The number of halogens is 2. The largest absolute Gasteiger partial charge is 0.396 e. The van der Waals surface area contributed by atoms with Crippen molar-refractivity contribution in [3.05, 3.63) is 29.8 Å². The van der Waals surface area contributed by atoms with E-state index in [9.17, 15) is 8.78 Å². The quantitative estimate of drug-likeness (QED) is 0.813. The first-order valence-corrected chi connectivity index (χ1v) is 5.34. The molecule has 1 rings (SSSR count). The Balaban J connectivity index is 2.63. The van der Waals surface area contributed by atoms with Gasteiger partial charge in [-0.15, -0.1) is 0 Å². The van der Waals surface area contributed by atoms with Gasteiger partial charge in [0.05, 0.1) is 5.69 Å². The Morgan fingerprint density at radius 2 is 2.00 bits per heavy atom. The molecular weight excluding hydrogens is 212 g/mol. The summed E-state index contributed by atoms with van der Waals surface area (Å²) in [5, 5.41) is 11.9. The summed E-state index contributed by atoms with van der Waals surface area (Å²) in [5.74, 6) is -0.646. The van der Waals surface area contributed by atoms with Crippen molar-refractivity contribution in [2.75, 3.05) is 18.5 Å². The van der Waals surface area contributed by atoms with Gasteiger partial charge in [-0.1, -0.05) is 13.8 Å². The van der Waals surface area contributed by atoms with Crippen molar-refractivity contribution < 1.29 is 13.9 Å². The van der Waals surface area contributed by atoms with Crippen molar-refractivity contribution in [2.45, 2.75) is 13.8 Å². The Morgan fingerprint density at radius 1 is 1.31 bits per heavy atom. The number of nitrogens with one attached hydrogen (secondary N) is 1. The minimum atomic E-state index is -0.484. The first-order valence-electron chi connectivity index (χ1n) is 5.34. The Hall–Kier alpha value is -1.16. The van der Waals surface area contributed by atoms with Gasteiger partial charge in [-0.2, -0.15) is 0 Å². The number of anilines is 1. The lowest BCUT2D eigenvalue weighted by Gasteiger charge is -2.19. The van der Waals surface area contributed by atoms with E-state index in [1.807, 2.05) is 13.8 Å². The molecule has 0 aliphatic rings. The van der Waals surface area contributed by atoms with Crippen LogP contribution in [0, 0.1) is 23.5 Å². The zero-order valence-electron chi connectivity index (χ0n) is 9.50. The van der Waals surface area contributed by atoms with E-state index in [0.717, 1.165) is 18.2 Å². The lowest BCUT2D eigenvalue weighted by molar-refractivity contribution is 0.198. The molecule has 0 aliphatic carbocycles. The first kappa shape index (κ1) is 12.9. The van der Waals surface area contributed by atoms with Crippen LogP contribution in [0.15, 0.2) is 18.2 Å². The molecule has 0 saturated carbocycles. The van der Waals surface area contributed by atoms with E-state index < -0.39 is 11.6 Å². The lowest BCUT2D eigenvalue weighted by atomic mass is 9.97. The summed E-state index contributed by atoms with van der Waals surface area (Å²) in [7, 11) is 0. The predicted molar refractivity (Wildman–Crippen MR) is 60.3 cm³/mol. The molecule has 0 aromatic heterocycles. The van der Waals surface area contributed by atoms with Gasteiger partial charge in [0.15, 0.2) is 0 Å². The fraction of sp³-hybridized carbons (Fsp3) is 0.500. The molecule has 2 nitrogen and oxygen atoms in total. The van der Waals surface area contributed by atoms with Crippen LogP contribution < -0.4 is 5.32 Å². The van der Waals surface area contributed by atoms with E-state index in [2.05, 4.69) is 5.32 Å². The summed E-state index contributed by atoms with van der Waals surface area (Å²) >= 11 is 0. The van der Waals surface area contributed by atoms with Gasteiger partial charge in [-0.05, 0) is 24.1 Å². The van der Waals surface area contributed by atoms with E-state index in [0.29, 0.717) is 6.54 Å². The van der Waals surface area contributed by atoms with Gasteiger partial charge in [0, 0.05) is 19.1 Å². The van der Waals surface area contributed by atoms with Gasteiger partial charge in [-0.3, -0.25) is 0 Å². The Morgan fingerprint density at radius 3 is 2.56 bits per heavy atom. The highest BCUT2D eigenvalue weighted by Gasteiger charge is 2.12. The lowest BCUT2D eigenvalue weighted by Crippen LogP contribution is -2.23. The molecule has 4 heteroatoms. The molecule has 1 atom stereocenters. The highest BCUT2D eigenvalue weighted by atomic mass is 19.1. The van der Waals surface area contributed by atoms with E-state index in [1.165, 1.54) is 0 Å². The smallest absolute Gasteiger partial charge is 0.146 e. The molecule has 0 aliphatic heterocycles. The van der Waals surface area contributed by atoms with Crippen LogP contribution in [0.3, 0.4) is 0 Å². The van der Waals surface area contributed by atoms with Gasteiger partial charge >= 0.3 is 0 Å². The van der Waals surface area contributed by atoms with Gasteiger partial charge in [0.2, 0.25) is 0 Å². The molecule has 16 heavy (non-hydrogen) atoms. The molecule has 0 radical (unpaired) electrons. The molecule has 1 aromatic carbocycles. The van der Waals surface area contributed by atoms with Crippen LogP contribution in [-0.4, -0.2) is 18.3 Å². The Bertz CT molecular complexity index is 342. The molecule has 0 amide bonds. The molecule has 1 unspecified atom stereocenters. The average molecular weight is 229 g/mol. The van der Waals surface area contributed by atoms with Crippen LogP contribution in [0.1, 0.15) is 13.8 Å². The van der Waals surface area contributed by atoms with Gasteiger partial charge in [-0.25, -0.2) is 8.78 Å². The van der Waals surface area contributed by atoms with E-state index in [-0.39, 0.29) is 24.1 Å². The fourth-order valence-electron chi connectivity index (χ4n) is 1.39. The Labute approximate surface area is 94.3 Å². The van der Waals surface area contributed by atoms with Crippen molar-refractivity contribution >= 4 is 5.69 Å². The summed E-state index contributed by atoms with van der Waals surface area (Å²) < 4.78 is 26.1. The fourth-order valence-corrected chi connectivity index (χ4v) is 1.39. The minimum Gasteiger partial charge on any atom is -0.396 e. The number of aliphatic hydroxyl groups excluding tert-OH is 1. The molecule has 2 N–H and O–H groups in total.